The van der Waals surface area contributed by atoms with Crippen molar-refractivity contribution in [3.63, 3.8) is 0 Å². The Morgan fingerprint density at radius 1 is 1.29 bits per heavy atom. The van der Waals surface area contributed by atoms with E-state index in [1.165, 1.54) is 21.9 Å². The summed E-state index contributed by atoms with van der Waals surface area (Å²) in [6, 6.07) is 5.06. The van der Waals surface area contributed by atoms with Gasteiger partial charge in [-0.2, -0.15) is 0 Å². The first kappa shape index (κ1) is 16.1. The third-order valence-corrected chi connectivity index (χ3v) is 5.01. The minimum atomic E-state index is -0.226. The molecule has 0 bridgehead atoms. The van der Waals surface area contributed by atoms with Crippen LogP contribution in [0.2, 0.25) is 10.0 Å². The number of hydrogen-bond acceptors (Lipinski definition) is 3. The van der Waals surface area contributed by atoms with E-state index in [0.717, 1.165) is 5.56 Å². The normalized spacial score (nSPS) is 12.2. The minimum Gasteiger partial charge on any atom is -0.397 e. The van der Waals surface area contributed by atoms with Gasteiger partial charge in [0.05, 0.1) is 21.8 Å². The summed E-state index contributed by atoms with van der Waals surface area (Å²) in [7, 11) is 0. The third kappa shape index (κ3) is 3.51. The number of rotatable bonds is 3. The Hall–Kier alpha value is -1.23. The molecule has 3 nitrogen and oxygen atoms in total. The molecule has 1 amide bonds. The van der Waals surface area contributed by atoms with E-state index >= 15 is 0 Å². The molecular weight excluding hydrogens is 327 g/mol. The van der Waals surface area contributed by atoms with Gasteiger partial charge in [0.1, 0.15) is 0 Å². The second-order valence-corrected chi connectivity index (χ2v) is 7.17. The second-order valence-electron chi connectivity index (χ2n) is 4.93. The highest BCUT2D eigenvalue weighted by Crippen LogP contribution is 2.30. The van der Waals surface area contributed by atoms with Crippen LogP contribution in [0.15, 0.2) is 18.2 Å². The van der Waals surface area contributed by atoms with Gasteiger partial charge < -0.3 is 11.1 Å². The molecule has 1 heterocycles. The van der Waals surface area contributed by atoms with E-state index in [1.54, 1.807) is 11.3 Å². The summed E-state index contributed by atoms with van der Waals surface area (Å²) < 4.78 is 0. The monoisotopic (exact) mass is 342 g/mol. The van der Waals surface area contributed by atoms with Crippen molar-refractivity contribution in [3.8, 4) is 0 Å². The van der Waals surface area contributed by atoms with E-state index in [0.29, 0.717) is 11.3 Å². The highest BCUT2D eigenvalue weighted by atomic mass is 35.5. The van der Waals surface area contributed by atoms with Crippen LogP contribution in [0, 0.1) is 13.8 Å². The Labute approximate surface area is 138 Å². The molecule has 1 aromatic heterocycles. The van der Waals surface area contributed by atoms with Gasteiger partial charge in [0.15, 0.2) is 0 Å². The molecule has 112 valence electrons. The molecule has 21 heavy (non-hydrogen) atoms. The molecule has 1 atom stereocenters. The number of nitrogens with one attached hydrogen (secondary N) is 1. The number of anilines is 1. The molecule has 1 aromatic carbocycles. The van der Waals surface area contributed by atoms with E-state index in [9.17, 15) is 4.79 Å². The van der Waals surface area contributed by atoms with Crippen LogP contribution < -0.4 is 11.1 Å². The Morgan fingerprint density at radius 2 is 1.95 bits per heavy atom. The fraction of sp³-hybridized carbons (Fsp3) is 0.267. The molecule has 0 radical (unpaired) electrons. The standard InChI is InChI=1S/C15H16Cl2N2OS/c1-7-4-11(9(3)21-7)8(2)19-15(20)10-5-12(16)14(17)13(18)6-10/h4-6,8H,18H2,1-3H3,(H,19,20). The maximum atomic E-state index is 12.3. The number of thiophene rings is 1. The smallest absolute Gasteiger partial charge is 0.251 e. The molecule has 0 saturated carbocycles. The molecule has 3 N–H and O–H groups in total. The molecule has 6 heteroatoms. The maximum absolute atomic E-state index is 12.3. The maximum Gasteiger partial charge on any atom is 0.251 e. The van der Waals surface area contributed by atoms with Crippen LogP contribution in [0.25, 0.3) is 0 Å². The van der Waals surface area contributed by atoms with Gasteiger partial charge in [-0.05, 0) is 44.5 Å². The van der Waals surface area contributed by atoms with Gasteiger partial charge in [0, 0.05) is 15.3 Å². The van der Waals surface area contributed by atoms with Crippen LogP contribution in [0.1, 0.15) is 38.6 Å². The molecule has 0 aliphatic carbocycles. The summed E-state index contributed by atoms with van der Waals surface area (Å²) in [5.74, 6) is -0.226. The fourth-order valence-corrected chi connectivity index (χ4v) is 3.54. The molecule has 0 fully saturated rings. The number of hydrogen-bond donors (Lipinski definition) is 2. The zero-order chi connectivity index (χ0) is 15.7. The number of amides is 1. The van der Waals surface area contributed by atoms with Gasteiger partial charge in [-0.1, -0.05) is 23.2 Å². The quantitative estimate of drug-likeness (QED) is 0.791. The highest BCUT2D eigenvalue weighted by molar-refractivity contribution is 7.12. The average Bonchev–Trinajstić information content (AvgIpc) is 2.74. The predicted molar refractivity (Wildman–Crippen MR) is 90.5 cm³/mol. The summed E-state index contributed by atoms with van der Waals surface area (Å²) in [4.78, 5) is 14.7. The molecule has 0 aliphatic rings. The zero-order valence-electron chi connectivity index (χ0n) is 12.0. The number of carbonyl (C=O) groups is 1. The summed E-state index contributed by atoms with van der Waals surface area (Å²) in [6.07, 6.45) is 0. The van der Waals surface area contributed by atoms with Crippen LogP contribution in [0.5, 0.6) is 0 Å². The first-order valence-electron chi connectivity index (χ1n) is 6.42. The molecule has 0 spiro atoms. The Morgan fingerprint density at radius 3 is 2.48 bits per heavy atom. The number of halogens is 2. The van der Waals surface area contributed by atoms with Gasteiger partial charge in [-0.25, -0.2) is 0 Å². The van der Waals surface area contributed by atoms with Crippen LogP contribution in [-0.4, -0.2) is 5.91 Å². The van der Waals surface area contributed by atoms with E-state index in [2.05, 4.69) is 18.3 Å². The van der Waals surface area contributed by atoms with Crippen LogP contribution in [0.3, 0.4) is 0 Å². The number of benzene rings is 1. The predicted octanol–water partition coefficient (Wildman–Crippen LogP) is 4.74. The van der Waals surface area contributed by atoms with Crippen LogP contribution in [-0.2, 0) is 0 Å². The van der Waals surface area contributed by atoms with E-state index in [1.807, 2.05) is 13.8 Å². The van der Waals surface area contributed by atoms with Gasteiger partial charge >= 0.3 is 0 Å². The van der Waals surface area contributed by atoms with Crippen molar-refractivity contribution in [1.29, 1.82) is 0 Å². The van der Waals surface area contributed by atoms with Crippen LogP contribution >= 0.6 is 34.5 Å². The highest BCUT2D eigenvalue weighted by Gasteiger charge is 2.16. The van der Waals surface area contributed by atoms with Crippen molar-refractivity contribution in [2.45, 2.75) is 26.8 Å². The lowest BCUT2D eigenvalue weighted by Gasteiger charge is -2.15. The van der Waals surface area contributed by atoms with E-state index in [4.69, 9.17) is 28.9 Å². The van der Waals surface area contributed by atoms with Gasteiger partial charge in [0.2, 0.25) is 0 Å². The summed E-state index contributed by atoms with van der Waals surface area (Å²) in [5.41, 5.74) is 7.55. The Balaban J connectivity index is 2.20. The third-order valence-electron chi connectivity index (χ3n) is 3.21. The lowest BCUT2D eigenvalue weighted by atomic mass is 10.1. The van der Waals surface area contributed by atoms with Gasteiger partial charge in [0.25, 0.3) is 5.91 Å². The van der Waals surface area contributed by atoms with Crippen molar-refractivity contribution in [2.24, 2.45) is 0 Å². The van der Waals surface area contributed by atoms with Crippen molar-refractivity contribution in [1.82, 2.24) is 5.32 Å². The lowest BCUT2D eigenvalue weighted by Crippen LogP contribution is -2.26. The van der Waals surface area contributed by atoms with Crippen LogP contribution in [0.4, 0.5) is 5.69 Å². The van der Waals surface area contributed by atoms with Crippen molar-refractivity contribution in [3.05, 3.63) is 49.1 Å². The van der Waals surface area contributed by atoms with Crippen molar-refractivity contribution in [2.75, 3.05) is 5.73 Å². The number of aryl methyl sites for hydroxylation is 2. The molecule has 0 saturated heterocycles. The topological polar surface area (TPSA) is 55.1 Å². The first-order chi connectivity index (χ1) is 9.79. The average molecular weight is 343 g/mol. The number of nitrogens with two attached hydrogens (primary N) is 1. The zero-order valence-corrected chi connectivity index (χ0v) is 14.3. The lowest BCUT2D eigenvalue weighted by molar-refractivity contribution is 0.0940. The molecule has 1 unspecified atom stereocenters. The Kier molecular flexibility index (Phi) is 4.81. The van der Waals surface area contributed by atoms with Gasteiger partial charge in [-0.3, -0.25) is 4.79 Å². The van der Waals surface area contributed by atoms with Crippen molar-refractivity contribution < 1.29 is 4.79 Å². The number of nitrogen functional groups attached to an aromatic ring is 1. The molecular formula is C15H16Cl2N2OS. The molecule has 2 rings (SSSR count). The second kappa shape index (κ2) is 6.26. The fourth-order valence-electron chi connectivity index (χ4n) is 2.18. The van der Waals surface area contributed by atoms with E-state index in [-0.39, 0.29) is 22.0 Å². The summed E-state index contributed by atoms with van der Waals surface area (Å²) in [6.45, 7) is 6.05. The molecule has 0 aliphatic heterocycles. The largest absolute Gasteiger partial charge is 0.397 e. The first-order valence-corrected chi connectivity index (χ1v) is 7.99. The number of carbonyl (C=O) groups excluding carboxylic acids is 1. The Bertz CT molecular complexity index is 674. The van der Waals surface area contributed by atoms with Gasteiger partial charge in [-0.15, -0.1) is 11.3 Å². The summed E-state index contributed by atoms with van der Waals surface area (Å²) >= 11 is 13.6. The molecule has 2 aromatic rings. The SMILES string of the molecule is Cc1cc(C(C)NC(=O)c2cc(N)c(Cl)c(Cl)c2)c(C)s1. The van der Waals surface area contributed by atoms with E-state index < -0.39 is 0 Å². The van der Waals surface area contributed by atoms with Crippen molar-refractivity contribution >= 4 is 46.1 Å². The summed E-state index contributed by atoms with van der Waals surface area (Å²) in [5, 5.41) is 3.50. The minimum absolute atomic E-state index is 0.0851.